The van der Waals surface area contributed by atoms with Crippen molar-refractivity contribution in [3.63, 3.8) is 0 Å². The van der Waals surface area contributed by atoms with Gasteiger partial charge in [-0.25, -0.2) is 4.79 Å². The van der Waals surface area contributed by atoms with Gasteiger partial charge in [-0.05, 0) is 31.6 Å². The summed E-state index contributed by atoms with van der Waals surface area (Å²) in [4.78, 5) is 11.3. The third kappa shape index (κ3) is 3.19. The minimum atomic E-state index is -0.992. The van der Waals surface area contributed by atoms with Crippen molar-refractivity contribution in [2.75, 3.05) is 13.2 Å². The summed E-state index contributed by atoms with van der Waals surface area (Å²) in [7, 11) is 0. The molecule has 0 spiro atoms. The minimum Gasteiger partial charge on any atom is -0.479 e. The first kappa shape index (κ1) is 13.5. The van der Waals surface area contributed by atoms with Gasteiger partial charge in [0, 0.05) is 6.61 Å². The summed E-state index contributed by atoms with van der Waals surface area (Å²) in [5.74, 6) is -0.387. The number of aliphatic carboxylic acids is 1. The molecule has 0 amide bonds. The molecule has 0 aromatic heterocycles. The number of carboxylic acid groups (broad SMARTS) is 1. The second-order valence-corrected chi connectivity index (χ2v) is 4.60. The molecule has 0 radical (unpaired) electrons. The molecule has 1 aliphatic rings. The summed E-state index contributed by atoms with van der Waals surface area (Å²) in [6.07, 6.45) is 4.76. The smallest absolute Gasteiger partial charge is 0.335 e. The van der Waals surface area contributed by atoms with Gasteiger partial charge in [-0.2, -0.15) is 0 Å². The standard InChI is InChI=1S/C12H22O4/c1-2-10-5-3-6-12(9-10,11(14)15)16-8-4-7-13/h10,13H,2-9H2,1H3,(H,14,15). The predicted octanol–water partition coefficient (Wildman–Crippen LogP) is 1.81. The Kier molecular flexibility index (Phi) is 5.22. The van der Waals surface area contributed by atoms with Gasteiger partial charge >= 0.3 is 5.97 Å². The maximum atomic E-state index is 11.3. The lowest BCUT2D eigenvalue weighted by Gasteiger charge is -2.37. The van der Waals surface area contributed by atoms with Crippen molar-refractivity contribution in [2.24, 2.45) is 5.92 Å². The first-order chi connectivity index (χ1) is 7.64. The van der Waals surface area contributed by atoms with Crippen molar-refractivity contribution in [1.29, 1.82) is 0 Å². The van der Waals surface area contributed by atoms with Crippen LogP contribution in [-0.4, -0.2) is 35.0 Å². The van der Waals surface area contributed by atoms with E-state index in [0.29, 0.717) is 31.8 Å². The zero-order valence-electron chi connectivity index (χ0n) is 9.95. The quantitative estimate of drug-likeness (QED) is 0.683. The zero-order valence-corrected chi connectivity index (χ0v) is 9.95. The van der Waals surface area contributed by atoms with E-state index in [4.69, 9.17) is 9.84 Å². The van der Waals surface area contributed by atoms with E-state index >= 15 is 0 Å². The second kappa shape index (κ2) is 6.21. The zero-order chi connectivity index (χ0) is 12.0. The molecule has 0 aromatic carbocycles. The third-order valence-corrected chi connectivity index (χ3v) is 3.46. The molecule has 4 heteroatoms. The molecule has 0 aromatic rings. The molecule has 0 bridgehead atoms. The molecule has 16 heavy (non-hydrogen) atoms. The number of ether oxygens (including phenoxy) is 1. The fourth-order valence-electron chi connectivity index (χ4n) is 2.41. The topological polar surface area (TPSA) is 66.8 Å². The summed E-state index contributed by atoms with van der Waals surface area (Å²) < 4.78 is 5.54. The monoisotopic (exact) mass is 230 g/mol. The molecule has 4 nitrogen and oxygen atoms in total. The van der Waals surface area contributed by atoms with Crippen LogP contribution in [0.3, 0.4) is 0 Å². The van der Waals surface area contributed by atoms with Crippen LogP contribution in [0.4, 0.5) is 0 Å². The van der Waals surface area contributed by atoms with Crippen LogP contribution in [0.2, 0.25) is 0 Å². The highest BCUT2D eigenvalue weighted by Gasteiger charge is 2.43. The maximum absolute atomic E-state index is 11.3. The van der Waals surface area contributed by atoms with E-state index < -0.39 is 11.6 Å². The van der Waals surface area contributed by atoms with E-state index in [9.17, 15) is 9.90 Å². The van der Waals surface area contributed by atoms with E-state index in [1.165, 1.54) is 0 Å². The van der Waals surface area contributed by atoms with Gasteiger partial charge in [0.15, 0.2) is 5.60 Å². The molecule has 0 saturated heterocycles. The summed E-state index contributed by atoms with van der Waals surface area (Å²) in [5, 5.41) is 18.0. The number of carbonyl (C=O) groups is 1. The first-order valence-electron chi connectivity index (χ1n) is 6.13. The van der Waals surface area contributed by atoms with Crippen molar-refractivity contribution in [1.82, 2.24) is 0 Å². The largest absolute Gasteiger partial charge is 0.479 e. The normalized spacial score (nSPS) is 30.2. The Morgan fingerprint density at radius 1 is 1.56 bits per heavy atom. The lowest BCUT2D eigenvalue weighted by Crippen LogP contribution is -2.46. The fraction of sp³-hybridized carbons (Fsp3) is 0.917. The number of rotatable bonds is 6. The second-order valence-electron chi connectivity index (χ2n) is 4.60. The Bertz CT molecular complexity index is 229. The van der Waals surface area contributed by atoms with Crippen LogP contribution in [0.25, 0.3) is 0 Å². The SMILES string of the molecule is CCC1CCCC(OCCCO)(C(=O)O)C1. The first-order valence-corrected chi connectivity index (χ1v) is 6.13. The van der Waals surface area contributed by atoms with Gasteiger partial charge in [-0.1, -0.05) is 19.8 Å². The van der Waals surface area contributed by atoms with Crippen LogP contribution in [0.5, 0.6) is 0 Å². The van der Waals surface area contributed by atoms with E-state index in [-0.39, 0.29) is 6.61 Å². The highest BCUT2D eigenvalue weighted by Crippen LogP contribution is 2.37. The summed E-state index contributed by atoms with van der Waals surface area (Å²) >= 11 is 0. The van der Waals surface area contributed by atoms with Gasteiger partial charge in [0.25, 0.3) is 0 Å². The number of hydrogen-bond donors (Lipinski definition) is 2. The highest BCUT2D eigenvalue weighted by atomic mass is 16.5. The number of aliphatic hydroxyl groups excluding tert-OH is 1. The van der Waals surface area contributed by atoms with Crippen molar-refractivity contribution in [3.8, 4) is 0 Å². The summed E-state index contributed by atoms with van der Waals surface area (Å²) in [6.45, 7) is 2.47. The van der Waals surface area contributed by atoms with Crippen LogP contribution in [0.1, 0.15) is 45.4 Å². The average Bonchev–Trinajstić information content (AvgIpc) is 2.29. The molecule has 0 heterocycles. The summed E-state index contributed by atoms with van der Waals surface area (Å²) in [5.41, 5.74) is -0.992. The van der Waals surface area contributed by atoms with E-state index in [1.807, 2.05) is 0 Å². The van der Waals surface area contributed by atoms with Crippen molar-refractivity contribution in [3.05, 3.63) is 0 Å². The lowest BCUT2D eigenvalue weighted by atomic mass is 9.77. The number of hydrogen-bond acceptors (Lipinski definition) is 3. The van der Waals surface area contributed by atoms with Crippen LogP contribution < -0.4 is 0 Å². The molecule has 2 N–H and O–H groups in total. The molecule has 1 fully saturated rings. The third-order valence-electron chi connectivity index (χ3n) is 3.46. The molecule has 94 valence electrons. The molecule has 2 atom stereocenters. The molecule has 2 unspecified atom stereocenters. The average molecular weight is 230 g/mol. The predicted molar refractivity (Wildman–Crippen MR) is 60.3 cm³/mol. The molecule has 1 rings (SSSR count). The van der Waals surface area contributed by atoms with Gasteiger partial charge in [-0.15, -0.1) is 0 Å². The summed E-state index contributed by atoms with van der Waals surface area (Å²) in [6, 6.07) is 0. The lowest BCUT2D eigenvalue weighted by molar-refractivity contribution is -0.174. The minimum absolute atomic E-state index is 0.0485. The molecule has 1 saturated carbocycles. The molecular formula is C12H22O4. The Labute approximate surface area is 96.6 Å². The fourth-order valence-corrected chi connectivity index (χ4v) is 2.41. The van der Waals surface area contributed by atoms with E-state index in [2.05, 4.69) is 6.92 Å². The molecule has 0 aliphatic heterocycles. The Morgan fingerprint density at radius 3 is 2.88 bits per heavy atom. The van der Waals surface area contributed by atoms with Gasteiger partial charge in [0.2, 0.25) is 0 Å². The van der Waals surface area contributed by atoms with Gasteiger partial charge in [0.05, 0.1) is 6.61 Å². The Hall–Kier alpha value is -0.610. The van der Waals surface area contributed by atoms with Crippen molar-refractivity contribution >= 4 is 5.97 Å². The van der Waals surface area contributed by atoms with Crippen molar-refractivity contribution < 1.29 is 19.7 Å². The Balaban J connectivity index is 2.60. The van der Waals surface area contributed by atoms with E-state index in [1.54, 1.807) is 0 Å². The van der Waals surface area contributed by atoms with Crippen LogP contribution in [0.15, 0.2) is 0 Å². The van der Waals surface area contributed by atoms with Crippen LogP contribution >= 0.6 is 0 Å². The number of carboxylic acids is 1. The van der Waals surface area contributed by atoms with Gasteiger partial charge in [-0.3, -0.25) is 0 Å². The molecule has 1 aliphatic carbocycles. The number of aliphatic hydroxyl groups is 1. The van der Waals surface area contributed by atoms with Gasteiger partial charge < -0.3 is 14.9 Å². The Morgan fingerprint density at radius 2 is 2.31 bits per heavy atom. The van der Waals surface area contributed by atoms with Crippen molar-refractivity contribution in [2.45, 2.75) is 51.0 Å². The van der Waals surface area contributed by atoms with E-state index in [0.717, 1.165) is 19.3 Å². The van der Waals surface area contributed by atoms with Crippen LogP contribution in [0, 0.1) is 5.92 Å². The van der Waals surface area contributed by atoms with Gasteiger partial charge in [0.1, 0.15) is 0 Å². The maximum Gasteiger partial charge on any atom is 0.335 e. The van der Waals surface area contributed by atoms with Crippen LogP contribution in [-0.2, 0) is 9.53 Å². The molecular weight excluding hydrogens is 208 g/mol. The highest BCUT2D eigenvalue weighted by molar-refractivity contribution is 5.77.